The molecule has 1 unspecified atom stereocenters. The molecule has 0 saturated carbocycles. The van der Waals surface area contributed by atoms with Gasteiger partial charge in [0.2, 0.25) is 0 Å². The summed E-state index contributed by atoms with van der Waals surface area (Å²) in [5.41, 5.74) is 0.754. The Balaban J connectivity index is 2.47. The fourth-order valence-electron chi connectivity index (χ4n) is 1.16. The Labute approximate surface area is 77.7 Å². The quantitative estimate of drug-likeness (QED) is 0.615. The molecule has 12 heavy (non-hydrogen) atoms. The maximum absolute atomic E-state index is 11.3. The van der Waals surface area contributed by atoms with Crippen LogP contribution in [0.1, 0.15) is 0 Å². The molecule has 0 bridgehead atoms. The fraction of sp³-hybridized carbons (Fsp3) is 0.125. The highest BCUT2D eigenvalue weighted by Crippen LogP contribution is 2.26. The van der Waals surface area contributed by atoms with E-state index in [0.29, 0.717) is 0 Å². The number of hydrogen-bond donors (Lipinski definition) is 0. The van der Waals surface area contributed by atoms with Gasteiger partial charge in [-0.15, -0.1) is 0 Å². The SMILES string of the molecule is O=C1N=CN=C2C=CC=C(Br)C12. The molecule has 0 radical (unpaired) electrons. The lowest BCUT2D eigenvalue weighted by molar-refractivity contribution is -0.118. The summed E-state index contributed by atoms with van der Waals surface area (Å²) < 4.78 is 0.825. The van der Waals surface area contributed by atoms with Crippen molar-refractivity contribution in [3.8, 4) is 0 Å². The molecule has 1 heterocycles. The van der Waals surface area contributed by atoms with Crippen LogP contribution < -0.4 is 0 Å². The highest BCUT2D eigenvalue weighted by Gasteiger charge is 2.28. The highest BCUT2D eigenvalue weighted by molar-refractivity contribution is 9.11. The molecule has 0 saturated heterocycles. The first-order valence-corrected chi connectivity index (χ1v) is 4.26. The first-order valence-electron chi connectivity index (χ1n) is 3.47. The van der Waals surface area contributed by atoms with Crippen molar-refractivity contribution in [1.82, 2.24) is 0 Å². The Morgan fingerprint density at radius 2 is 2.33 bits per heavy atom. The number of halogens is 1. The molecule has 1 aliphatic carbocycles. The van der Waals surface area contributed by atoms with Crippen molar-refractivity contribution >= 4 is 33.9 Å². The van der Waals surface area contributed by atoms with Crippen molar-refractivity contribution in [3.63, 3.8) is 0 Å². The van der Waals surface area contributed by atoms with Crippen LogP contribution >= 0.6 is 15.9 Å². The van der Waals surface area contributed by atoms with Gasteiger partial charge in [0.05, 0.1) is 5.71 Å². The van der Waals surface area contributed by atoms with Crippen molar-refractivity contribution in [1.29, 1.82) is 0 Å². The van der Waals surface area contributed by atoms with Crippen molar-refractivity contribution in [2.45, 2.75) is 0 Å². The summed E-state index contributed by atoms with van der Waals surface area (Å²) in [7, 11) is 0. The average molecular weight is 225 g/mol. The van der Waals surface area contributed by atoms with E-state index in [0.717, 1.165) is 10.2 Å². The van der Waals surface area contributed by atoms with Gasteiger partial charge < -0.3 is 0 Å². The van der Waals surface area contributed by atoms with E-state index in [1.54, 1.807) is 0 Å². The van der Waals surface area contributed by atoms with E-state index in [9.17, 15) is 4.79 Å². The molecule has 1 atom stereocenters. The normalized spacial score (nSPS) is 26.4. The van der Waals surface area contributed by atoms with Gasteiger partial charge in [-0.3, -0.25) is 4.79 Å². The molecule has 0 aromatic heterocycles. The molecule has 0 spiro atoms. The molecular formula is C8H5BrN2O. The van der Waals surface area contributed by atoms with E-state index in [1.165, 1.54) is 6.34 Å². The molecule has 4 heteroatoms. The fourth-order valence-corrected chi connectivity index (χ4v) is 1.74. The minimum absolute atomic E-state index is 0.160. The Morgan fingerprint density at radius 3 is 3.08 bits per heavy atom. The lowest BCUT2D eigenvalue weighted by atomic mass is 9.97. The van der Waals surface area contributed by atoms with Crippen LogP contribution in [0, 0.1) is 5.92 Å². The molecule has 1 amide bonds. The summed E-state index contributed by atoms with van der Waals surface area (Å²) in [6, 6.07) is 0. The third-order valence-corrected chi connectivity index (χ3v) is 2.45. The molecule has 0 aromatic carbocycles. The van der Waals surface area contributed by atoms with Crippen molar-refractivity contribution in [3.05, 3.63) is 22.7 Å². The summed E-state index contributed by atoms with van der Waals surface area (Å²) in [4.78, 5) is 18.9. The third-order valence-electron chi connectivity index (χ3n) is 1.73. The average Bonchev–Trinajstić information content (AvgIpc) is 2.04. The zero-order valence-corrected chi connectivity index (χ0v) is 7.65. The number of hydrogen-bond acceptors (Lipinski definition) is 2. The van der Waals surface area contributed by atoms with Crippen LogP contribution in [0.5, 0.6) is 0 Å². The van der Waals surface area contributed by atoms with Crippen LogP contribution in [0.2, 0.25) is 0 Å². The molecule has 3 nitrogen and oxygen atoms in total. The maximum Gasteiger partial charge on any atom is 0.261 e. The second kappa shape index (κ2) is 2.79. The number of aliphatic imine (C=N–C) groups is 2. The molecule has 0 fully saturated rings. The first-order chi connectivity index (χ1) is 5.79. The van der Waals surface area contributed by atoms with Crippen molar-refractivity contribution in [2.24, 2.45) is 15.9 Å². The Morgan fingerprint density at radius 1 is 1.50 bits per heavy atom. The van der Waals surface area contributed by atoms with Crippen LogP contribution in [0.25, 0.3) is 0 Å². The minimum atomic E-state index is -0.306. The van der Waals surface area contributed by atoms with Gasteiger partial charge in [-0.05, 0) is 6.08 Å². The van der Waals surface area contributed by atoms with E-state index in [1.807, 2.05) is 18.2 Å². The van der Waals surface area contributed by atoms with E-state index >= 15 is 0 Å². The van der Waals surface area contributed by atoms with Crippen LogP contribution in [0.3, 0.4) is 0 Å². The monoisotopic (exact) mass is 224 g/mol. The molecule has 2 rings (SSSR count). The van der Waals surface area contributed by atoms with Crippen LogP contribution in [-0.4, -0.2) is 18.0 Å². The largest absolute Gasteiger partial charge is 0.271 e. The standard InChI is InChI=1S/C8H5BrN2O/c9-5-2-1-3-6-7(5)8(12)11-4-10-6/h1-4,7H. The van der Waals surface area contributed by atoms with E-state index in [-0.39, 0.29) is 11.8 Å². The van der Waals surface area contributed by atoms with E-state index < -0.39 is 0 Å². The summed E-state index contributed by atoms with van der Waals surface area (Å²) in [6.07, 6.45) is 6.80. The maximum atomic E-state index is 11.3. The molecule has 60 valence electrons. The van der Waals surface area contributed by atoms with Gasteiger partial charge in [-0.1, -0.05) is 28.1 Å². The van der Waals surface area contributed by atoms with E-state index in [2.05, 4.69) is 25.9 Å². The smallest absolute Gasteiger partial charge is 0.261 e. The van der Waals surface area contributed by atoms with Gasteiger partial charge in [0, 0.05) is 4.48 Å². The number of fused-ring (bicyclic) bond motifs is 1. The predicted octanol–water partition coefficient (Wildman–Crippen LogP) is 1.46. The molecular weight excluding hydrogens is 220 g/mol. The Kier molecular flexibility index (Phi) is 1.77. The summed E-state index contributed by atoms with van der Waals surface area (Å²) in [5, 5.41) is 0. The summed E-state index contributed by atoms with van der Waals surface area (Å²) >= 11 is 3.30. The zero-order chi connectivity index (χ0) is 8.55. The van der Waals surface area contributed by atoms with Gasteiger partial charge in [0.1, 0.15) is 12.3 Å². The molecule has 0 N–H and O–H groups in total. The Hall–Kier alpha value is -1.03. The van der Waals surface area contributed by atoms with Crippen molar-refractivity contribution < 1.29 is 4.79 Å². The van der Waals surface area contributed by atoms with Crippen LogP contribution in [-0.2, 0) is 4.79 Å². The number of allylic oxidation sites excluding steroid dienone is 3. The van der Waals surface area contributed by atoms with Crippen LogP contribution in [0.15, 0.2) is 32.7 Å². The van der Waals surface area contributed by atoms with Gasteiger partial charge in [-0.25, -0.2) is 9.98 Å². The number of carbonyl (C=O) groups is 1. The second-order valence-corrected chi connectivity index (χ2v) is 3.40. The lowest BCUT2D eigenvalue weighted by Gasteiger charge is -2.17. The zero-order valence-electron chi connectivity index (χ0n) is 6.07. The number of carbonyl (C=O) groups excluding carboxylic acids is 1. The van der Waals surface area contributed by atoms with E-state index in [4.69, 9.17) is 0 Å². The third kappa shape index (κ3) is 1.08. The Bertz CT molecular complexity index is 352. The van der Waals surface area contributed by atoms with Gasteiger partial charge in [-0.2, -0.15) is 0 Å². The summed E-state index contributed by atoms with van der Waals surface area (Å²) in [6.45, 7) is 0. The van der Waals surface area contributed by atoms with Crippen LogP contribution in [0.4, 0.5) is 0 Å². The molecule has 0 aromatic rings. The van der Waals surface area contributed by atoms with Gasteiger partial charge in [0.25, 0.3) is 5.91 Å². The van der Waals surface area contributed by atoms with Crippen molar-refractivity contribution in [2.75, 3.05) is 0 Å². The number of amides is 1. The minimum Gasteiger partial charge on any atom is -0.271 e. The topological polar surface area (TPSA) is 41.8 Å². The molecule has 1 aliphatic heterocycles. The van der Waals surface area contributed by atoms with Gasteiger partial charge >= 0.3 is 0 Å². The molecule has 2 aliphatic rings. The predicted molar refractivity (Wildman–Crippen MR) is 50.6 cm³/mol. The number of rotatable bonds is 0. The second-order valence-electron chi connectivity index (χ2n) is 2.48. The first kappa shape index (κ1) is 7.61. The lowest BCUT2D eigenvalue weighted by Crippen LogP contribution is -2.26. The summed E-state index contributed by atoms with van der Waals surface area (Å²) in [5.74, 6) is -0.465. The van der Waals surface area contributed by atoms with Gasteiger partial charge in [0.15, 0.2) is 0 Å². The highest BCUT2D eigenvalue weighted by atomic mass is 79.9. The number of nitrogens with zero attached hydrogens (tertiary/aromatic N) is 2.